The molecular formula is C31H31NO6S2. The molecule has 0 bridgehead atoms. The van der Waals surface area contributed by atoms with E-state index in [1.54, 1.807) is 18.3 Å². The van der Waals surface area contributed by atoms with Crippen LogP contribution in [-0.2, 0) is 34.6 Å². The monoisotopic (exact) mass is 577 g/mol. The second kappa shape index (κ2) is 10.1. The number of carbonyl (C=O) groups is 1. The van der Waals surface area contributed by atoms with Gasteiger partial charge in [-0.1, -0.05) is 49.4 Å². The van der Waals surface area contributed by atoms with E-state index in [9.17, 15) is 21.6 Å². The van der Waals surface area contributed by atoms with Crippen LogP contribution < -0.4 is 0 Å². The molecular weight excluding hydrogens is 546 g/mol. The van der Waals surface area contributed by atoms with Crippen LogP contribution in [0.15, 0.2) is 83.9 Å². The molecule has 0 spiro atoms. The van der Waals surface area contributed by atoms with Crippen molar-refractivity contribution in [1.29, 1.82) is 0 Å². The lowest BCUT2D eigenvalue weighted by atomic mass is 9.89. The van der Waals surface area contributed by atoms with Gasteiger partial charge in [-0.05, 0) is 65.4 Å². The SMILES string of the molecule is CCC(c1cc(-c2cccc(C3CC3(C(=O)OC)c3ccc(S(C)(=O)=O)cc3)c2)c2ncccc2c1)S(C)(=O)=O. The van der Waals surface area contributed by atoms with Crippen molar-refractivity contribution in [1.82, 2.24) is 4.98 Å². The van der Waals surface area contributed by atoms with Crippen LogP contribution in [0.2, 0.25) is 0 Å². The molecule has 1 fully saturated rings. The van der Waals surface area contributed by atoms with Gasteiger partial charge < -0.3 is 4.74 Å². The van der Waals surface area contributed by atoms with Gasteiger partial charge in [-0.25, -0.2) is 16.8 Å². The lowest BCUT2D eigenvalue weighted by Crippen LogP contribution is -2.24. The molecule has 0 radical (unpaired) electrons. The highest BCUT2D eigenvalue weighted by Crippen LogP contribution is 2.61. The van der Waals surface area contributed by atoms with E-state index in [0.29, 0.717) is 24.0 Å². The van der Waals surface area contributed by atoms with Gasteiger partial charge in [-0.15, -0.1) is 0 Å². The Hall–Kier alpha value is -3.56. The summed E-state index contributed by atoms with van der Waals surface area (Å²) < 4.78 is 54.3. The van der Waals surface area contributed by atoms with Gasteiger partial charge in [0, 0.05) is 35.6 Å². The molecule has 9 heteroatoms. The normalized spacial score (nSPS) is 19.8. The van der Waals surface area contributed by atoms with Gasteiger partial charge in [0.2, 0.25) is 0 Å². The van der Waals surface area contributed by atoms with Crippen molar-refractivity contribution in [2.45, 2.75) is 41.2 Å². The zero-order valence-corrected chi connectivity index (χ0v) is 24.4. The maximum atomic E-state index is 13.1. The standard InChI is InChI=1S/C31H31NO6S2/c1-5-28(40(4,36)37)23-17-22-10-7-15-32-29(22)26(18-23)20-8-6-9-21(16-20)27-19-31(27,30(33)38-2)24-11-13-25(14-12-24)39(3,34)35/h6-18,27-28H,5,19H2,1-4H3. The molecule has 0 aliphatic heterocycles. The van der Waals surface area contributed by atoms with Crippen LogP contribution in [0.5, 0.6) is 0 Å². The Morgan fingerprint density at radius 3 is 2.35 bits per heavy atom. The molecule has 3 atom stereocenters. The summed E-state index contributed by atoms with van der Waals surface area (Å²) in [6, 6.07) is 21.9. The number of hydrogen-bond acceptors (Lipinski definition) is 7. The molecule has 1 saturated carbocycles. The fraction of sp³-hybridized carbons (Fsp3) is 0.290. The van der Waals surface area contributed by atoms with E-state index >= 15 is 0 Å². The van der Waals surface area contributed by atoms with E-state index in [-0.39, 0.29) is 16.8 Å². The first-order valence-corrected chi connectivity index (χ1v) is 16.8. The molecule has 1 aliphatic carbocycles. The molecule has 1 aromatic heterocycles. The Morgan fingerprint density at radius 1 is 1.00 bits per heavy atom. The third-order valence-electron chi connectivity index (χ3n) is 7.89. The Bertz CT molecular complexity index is 1830. The highest BCUT2D eigenvalue weighted by Gasteiger charge is 2.62. The van der Waals surface area contributed by atoms with Gasteiger partial charge in [-0.2, -0.15) is 0 Å². The highest BCUT2D eigenvalue weighted by molar-refractivity contribution is 7.91. The van der Waals surface area contributed by atoms with E-state index in [0.717, 1.165) is 33.8 Å². The molecule has 1 heterocycles. The van der Waals surface area contributed by atoms with Crippen molar-refractivity contribution in [3.63, 3.8) is 0 Å². The largest absolute Gasteiger partial charge is 0.468 e. The second-order valence-corrected chi connectivity index (χ2v) is 14.8. The number of methoxy groups -OCH3 is 1. The van der Waals surface area contributed by atoms with Gasteiger partial charge in [-0.3, -0.25) is 9.78 Å². The molecule has 3 aromatic carbocycles. The first-order valence-electron chi connectivity index (χ1n) is 13.0. The van der Waals surface area contributed by atoms with E-state index in [4.69, 9.17) is 4.74 Å². The number of benzene rings is 3. The number of hydrogen-bond donors (Lipinski definition) is 0. The van der Waals surface area contributed by atoms with Crippen LogP contribution in [0.4, 0.5) is 0 Å². The van der Waals surface area contributed by atoms with Crippen molar-refractivity contribution in [2.75, 3.05) is 19.6 Å². The molecule has 1 aliphatic rings. The lowest BCUT2D eigenvalue weighted by molar-refractivity contribution is -0.143. The number of aromatic nitrogens is 1. The average molecular weight is 578 g/mol. The third-order valence-corrected chi connectivity index (χ3v) is 10.7. The van der Waals surface area contributed by atoms with Crippen LogP contribution in [0, 0.1) is 0 Å². The fourth-order valence-corrected chi connectivity index (χ4v) is 7.71. The molecule has 7 nitrogen and oxygen atoms in total. The predicted molar refractivity (Wildman–Crippen MR) is 156 cm³/mol. The van der Waals surface area contributed by atoms with Crippen LogP contribution in [0.25, 0.3) is 22.0 Å². The number of carbonyl (C=O) groups excluding carboxylic acids is 1. The zero-order chi connectivity index (χ0) is 28.9. The number of nitrogens with zero attached hydrogens (tertiary/aromatic N) is 1. The summed E-state index contributed by atoms with van der Waals surface area (Å²) in [6.45, 7) is 1.86. The lowest BCUT2D eigenvalue weighted by Gasteiger charge is -2.18. The van der Waals surface area contributed by atoms with Crippen molar-refractivity contribution in [2.24, 2.45) is 0 Å². The van der Waals surface area contributed by atoms with E-state index in [1.807, 2.05) is 55.5 Å². The van der Waals surface area contributed by atoms with Gasteiger partial charge in [0.1, 0.15) is 5.41 Å². The number of rotatable bonds is 8. The third kappa shape index (κ3) is 4.92. The van der Waals surface area contributed by atoms with Crippen molar-refractivity contribution in [3.8, 4) is 11.1 Å². The number of sulfone groups is 2. The van der Waals surface area contributed by atoms with Crippen molar-refractivity contribution >= 4 is 36.5 Å². The molecule has 40 heavy (non-hydrogen) atoms. The molecule has 208 valence electrons. The number of ether oxygens (including phenoxy) is 1. The van der Waals surface area contributed by atoms with Gasteiger partial charge >= 0.3 is 5.97 Å². The van der Waals surface area contributed by atoms with E-state index in [1.165, 1.54) is 25.5 Å². The first-order chi connectivity index (χ1) is 18.9. The minimum atomic E-state index is -3.37. The zero-order valence-electron chi connectivity index (χ0n) is 22.8. The number of pyridine rings is 1. The Balaban J connectivity index is 1.60. The molecule has 5 rings (SSSR count). The summed E-state index contributed by atoms with van der Waals surface area (Å²) >= 11 is 0. The van der Waals surface area contributed by atoms with Crippen LogP contribution >= 0.6 is 0 Å². The topological polar surface area (TPSA) is 107 Å². The summed E-state index contributed by atoms with van der Waals surface area (Å²) in [6.07, 6.45) is 5.09. The smallest absolute Gasteiger partial charge is 0.316 e. The number of esters is 1. The maximum absolute atomic E-state index is 13.1. The average Bonchev–Trinajstić information content (AvgIpc) is 3.68. The van der Waals surface area contributed by atoms with Crippen LogP contribution in [0.3, 0.4) is 0 Å². The summed E-state index contributed by atoms with van der Waals surface area (Å²) in [5, 5.41) is 0.216. The molecule has 0 N–H and O–H groups in total. The van der Waals surface area contributed by atoms with Crippen molar-refractivity contribution in [3.05, 3.63) is 95.7 Å². The van der Waals surface area contributed by atoms with Crippen LogP contribution in [0.1, 0.15) is 47.6 Å². The minimum Gasteiger partial charge on any atom is -0.468 e. The summed E-state index contributed by atoms with van der Waals surface area (Å²) in [7, 11) is -5.34. The summed E-state index contributed by atoms with van der Waals surface area (Å²) in [4.78, 5) is 17.9. The van der Waals surface area contributed by atoms with Gasteiger partial charge in [0.25, 0.3) is 0 Å². The van der Waals surface area contributed by atoms with Crippen molar-refractivity contribution < 1.29 is 26.4 Å². The molecule has 4 aromatic rings. The predicted octanol–water partition coefficient (Wildman–Crippen LogP) is 5.40. The summed E-state index contributed by atoms with van der Waals surface area (Å²) in [5.74, 6) is -0.547. The van der Waals surface area contributed by atoms with E-state index < -0.39 is 30.3 Å². The molecule has 3 unspecified atom stereocenters. The quantitative estimate of drug-likeness (QED) is 0.258. The maximum Gasteiger partial charge on any atom is 0.316 e. The van der Waals surface area contributed by atoms with E-state index in [2.05, 4.69) is 4.98 Å². The second-order valence-electron chi connectivity index (χ2n) is 10.5. The molecule has 0 amide bonds. The van der Waals surface area contributed by atoms with Gasteiger partial charge in [0.15, 0.2) is 19.7 Å². The highest BCUT2D eigenvalue weighted by atomic mass is 32.2. The summed E-state index contributed by atoms with van der Waals surface area (Å²) in [5.41, 5.74) is 3.87. The Labute approximate surface area is 235 Å². The fourth-order valence-electron chi connectivity index (χ4n) is 5.84. The van der Waals surface area contributed by atoms with Gasteiger partial charge in [0.05, 0.1) is 22.8 Å². The Kier molecular flexibility index (Phi) is 7.08. The first kappa shape index (κ1) is 28.0. The molecule has 0 saturated heterocycles. The number of fused-ring (bicyclic) bond motifs is 1. The minimum absolute atomic E-state index is 0.175. The van der Waals surface area contributed by atoms with Crippen LogP contribution in [-0.4, -0.2) is 47.4 Å². The Morgan fingerprint density at radius 2 is 1.73 bits per heavy atom.